The van der Waals surface area contributed by atoms with Gasteiger partial charge in [0.2, 0.25) is 0 Å². The predicted octanol–water partition coefficient (Wildman–Crippen LogP) is 3.55. The number of nitrogens with zero attached hydrogens (tertiary/aromatic N) is 1. The lowest BCUT2D eigenvalue weighted by molar-refractivity contribution is 0.628. The van der Waals surface area contributed by atoms with E-state index in [9.17, 15) is 4.39 Å². The van der Waals surface area contributed by atoms with Crippen molar-refractivity contribution >= 4 is 22.9 Å². The Hall–Kier alpha value is -0.970. The summed E-state index contributed by atoms with van der Waals surface area (Å²) in [5.41, 5.74) is 7.61. The van der Waals surface area contributed by atoms with E-state index < -0.39 is 5.82 Å². The van der Waals surface area contributed by atoms with Gasteiger partial charge in [-0.2, -0.15) is 0 Å². The zero-order valence-electron chi connectivity index (χ0n) is 8.91. The molecule has 0 spiro atoms. The molecule has 17 heavy (non-hydrogen) atoms. The molecule has 0 aliphatic heterocycles. The van der Waals surface area contributed by atoms with Crippen LogP contribution in [-0.4, -0.2) is 4.98 Å². The molecule has 1 aromatic carbocycles. The lowest BCUT2D eigenvalue weighted by atomic mass is 10.2. The number of rotatable bonds is 2. The lowest BCUT2D eigenvalue weighted by Gasteiger charge is -2.02. The number of benzene rings is 1. The van der Waals surface area contributed by atoms with Gasteiger partial charge >= 0.3 is 0 Å². The Kier molecular flexibility index (Phi) is 2.47. The Morgan fingerprint density at radius 1 is 1.41 bits per heavy atom. The van der Waals surface area contributed by atoms with E-state index in [0.29, 0.717) is 0 Å². The molecular formula is C12H10ClFN2S. The van der Waals surface area contributed by atoms with Crippen molar-refractivity contribution in [3.8, 4) is 10.6 Å². The van der Waals surface area contributed by atoms with Gasteiger partial charge in [-0.1, -0.05) is 11.6 Å². The second-order valence-electron chi connectivity index (χ2n) is 4.32. The van der Waals surface area contributed by atoms with Crippen molar-refractivity contribution in [3.63, 3.8) is 0 Å². The Morgan fingerprint density at radius 2 is 2.18 bits per heavy atom. The zero-order chi connectivity index (χ0) is 12.0. The summed E-state index contributed by atoms with van der Waals surface area (Å²) in [5, 5.41) is 2.92. The van der Waals surface area contributed by atoms with Crippen LogP contribution in [0.25, 0.3) is 10.6 Å². The van der Waals surface area contributed by atoms with Crippen LogP contribution in [0.15, 0.2) is 23.6 Å². The Labute approximate surface area is 107 Å². The van der Waals surface area contributed by atoms with Crippen LogP contribution < -0.4 is 5.73 Å². The molecule has 1 aliphatic carbocycles. The fraction of sp³-hybridized carbons (Fsp3) is 0.250. The molecule has 0 atom stereocenters. The van der Waals surface area contributed by atoms with Crippen LogP contribution in [0.5, 0.6) is 0 Å². The largest absolute Gasteiger partial charge is 0.320 e. The number of thiazole rings is 1. The van der Waals surface area contributed by atoms with Gasteiger partial charge in [0.05, 0.1) is 16.3 Å². The molecule has 0 radical (unpaired) electrons. The number of hydrogen-bond acceptors (Lipinski definition) is 3. The molecule has 2 N–H and O–H groups in total. The average molecular weight is 269 g/mol. The van der Waals surface area contributed by atoms with Gasteiger partial charge in [0.25, 0.3) is 0 Å². The summed E-state index contributed by atoms with van der Waals surface area (Å²) in [6, 6.07) is 4.63. The molecule has 0 bridgehead atoms. The van der Waals surface area contributed by atoms with Crippen LogP contribution in [0.1, 0.15) is 18.5 Å². The van der Waals surface area contributed by atoms with Gasteiger partial charge in [-0.15, -0.1) is 11.3 Å². The summed E-state index contributed by atoms with van der Waals surface area (Å²) >= 11 is 7.26. The smallest absolute Gasteiger partial charge is 0.141 e. The number of nitrogens with two attached hydrogens (primary N) is 1. The molecule has 5 heteroatoms. The molecule has 0 unspecified atom stereocenters. The highest BCUT2D eigenvalue weighted by atomic mass is 35.5. The first kappa shape index (κ1) is 11.1. The SMILES string of the molecule is NC1(c2csc(-c3ccc(F)c(Cl)c3)n2)CC1. The molecule has 1 aliphatic rings. The van der Waals surface area contributed by atoms with Crippen molar-refractivity contribution in [1.29, 1.82) is 0 Å². The Bertz CT molecular complexity index is 578. The van der Waals surface area contributed by atoms with E-state index in [-0.39, 0.29) is 10.6 Å². The van der Waals surface area contributed by atoms with Crippen LogP contribution in [-0.2, 0) is 5.54 Å². The first-order chi connectivity index (χ1) is 8.08. The minimum absolute atomic E-state index is 0.119. The van der Waals surface area contributed by atoms with Gasteiger partial charge in [-0.05, 0) is 31.0 Å². The maximum atomic E-state index is 13.0. The summed E-state index contributed by atoms with van der Waals surface area (Å²) in [6.07, 6.45) is 1.97. The standard InChI is InChI=1S/C12H10ClFN2S/c13-8-5-7(1-2-9(8)14)11-16-10(6-17-11)12(15)3-4-12/h1-2,5-6H,3-4,15H2. The fourth-order valence-corrected chi connectivity index (χ4v) is 2.76. The lowest BCUT2D eigenvalue weighted by Crippen LogP contribution is -2.18. The molecule has 3 rings (SSSR count). The van der Waals surface area contributed by atoms with Crippen LogP contribution in [0.3, 0.4) is 0 Å². The first-order valence-corrected chi connectivity index (χ1v) is 6.55. The molecule has 0 saturated heterocycles. The fourth-order valence-electron chi connectivity index (χ4n) is 1.65. The Balaban J connectivity index is 1.98. The Morgan fingerprint density at radius 3 is 2.82 bits per heavy atom. The molecule has 88 valence electrons. The molecule has 1 heterocycles. The van der Waals surface area contributed by atoms with Crippen molar-refractivity contribution in [2.24, 2.45) is 5.73 Å². The van der Waals surface area contributed by atoms with E-state index in [4.69, 9.17) is 17.3 Å². The highest BCUT2D eigenvalue weighted by Crippen LogP contribution is 2.43. The molecular weight excluding hydrogens is 259 g/mol. The van der Waals surface area contributed by atoms with Crippen molar-refractivity contribution in [2.75, 3.05) is 0 Å². The number of aromatic nitrogens is 1. The summed E-state index contributed by atoms with van der Waals surface area (Å²) in [5.74, 6) is -0.412. The maximum Gasteiger partial charge on any atom is 0.141 e. The third-order valence-electron chi connectivity index (χ3n) is 2.97. The van der Waals surface area contributed by atoms with Gasteiger partial charge in [0.1, 0.15) is 10.8 Å². The van der Waals surface area contributed by atoms with Crippen molar-refractivity contribution in [1.82, 2.24) is 4.98 Å². The van der Waals surface area contributed by atoms with Crippen LogP contribution in [0, 0.1) is 5.82 Å². The molecule has 2 aromatic rings. The molecule has 1 fully saturated rings. The van der Waals surface area contributed by atoms with E-state index in [1.165, 1.54) is 17.4 Å². The quantitative estimate of drug-likeness (QED) is 0.905. The minimum Gasteiger partial charge on any atom is -0.320 e. The second kappa shape index (κ2) is 3.77. The van der Waals surface area contributed by atoms with Gasteiger partial charge in [-0.25, -0.2) is 9.37 Å². The summed E-state index contributed by atoms with van der Waals surface area (Å²) < 4.78 is 13.0. The summed E-state index contributed by atoms with van der Waals surface area (Å²) in [6.45, 7) is 0. The third-order valence-corrected chi connectivity index (χ3v) is 4.15. The van der Waals surface area contributed by atoms with Gasteiger partial charge < -0.3 is 5.73 Å². The van der Waals surface area contributed by atoms with Crippen LogP contribution >= 0.6 is 22.9 Å². The summed E-state index contributed by atoms with van der Waals surface area (Å²) in [4.78, 5) is 4.50. The number of halogens is 2. The van der Waals surface area contributed by atoms with E-state index in [0.717, 1.165) is 29.1 Å². The minimum atomic E-state index is -0.412. The van der Waals surface area contributed by atoms with E-state index in [2.05, 4.69) is 4.98 Å². The molecule has 1 aromatic heterocycles. The van der Waals surface area contributed by atoms with Crippen LogP contribution in [0.2, 0.25) is 5.02 Å². The normalized spacial score (nSPS) is 17.1. The second-order valence-corrected chi connectivity index (χ2v) is 5.59. The first-order valence-electron chi connectivity index (χ1n) is 5.29. The molecule has 0 amide bonds. The van der Waals surface area contributed by atoms with E-state index >= 15 is 0 Å². The number of hydrogen-bond donors (Lipinski definition) is 1. The van der Waals surface area contributed by atoms with E-state index in [1.807, 2.05) is 5.38 Å². The van der Waals surface area contributed by atoms with E-state index in [1.54, 1.807) is 12.1 Å². The topological polar surface area (TPSA) is 38.9 Å². The zero-order valence-corrected chi connectivity index (χ0v) is 10.5. The van der Waals surface area contributed by atoms with Gasteiger partial charge in [0, 0.05) is 10.9 Å². The maximum absolute atomic E-state index is 13.0. The van der Waals surface area contributed by atoms with Gasteiger partial charge in [-0.3, -0.25) is 0 Å². The third kappa shape index (κ3) is 1.97. The van der Waals surface area contributed by atoms with Crippen LogP contribution in [0.4, 0.5) is 4.39 Å². The van der Waals surface area contributed by atoms with Crippen molar-refractivity contribution < 1.29 is 4.39 Å². The van der Waals surface area contributed by atoms with Crippen molar-refractivity contribution in [3.05, 3.63) is 40.1 Å². The highest BCUT2D eigenvalue weighted by Gasteiger charge is 2.42. The molecule has 2 nitrogen and oxygen atoms in total. The molecule has 1 saturated carbocycles. The highest BCUT2D eigenvalue weighted by molar-refractivity contribution is 7.13. The van der Waals surface area contributed by atoms with Crippen molar-refractivity contribution in [2.45, 2.75) is 18.4 Å². The predicted molar refractivity (Wildman–Crippen MR) is 67.6 cm³/mol. The monoisotopic (exact) mass is 268 g/mol. The average Bonchev–Trinajstić information content (AvgIpc) is 2.88. The van der Waals surface area contributed by atoms with Gasteiger partial charge in [0.15, 0.2) is 0 Å². The summed E-state index contributed by atoms with van der Waals surface area (Å²) in [7, 11) is 0.